The smallest absolute Gasteiger partial charge is 0.205 e. The summed E-state index contributed by atoms with van der Waals surface area (Å²) in [4.78, 5) is 2.27. The number of rotatable bonds is 18. The molecule has 0 radical (unpaired) electrons. The SMILES string of the molecule is COCCOCCOCC[n+]1ccccc1/C=C/c1ccc(N(CCOC)CCOC)cc1. The number of anilines is 1. The Hall–Kier alpha value is -2.29. The third-order valence-corrected chi connectivity index (χ3v) is 5.09. The van der Waals surface area contributed by atoms with E-state index in [0.29, 0.717) is 46.2 Å². The lowest BCUT2D eigenvalue weighted by molar-refractivity contribution is -0.700. The van der Waals surface area contributed by atoms with Crippen LogP contribution in [-0.4, -0.2) is 80.7 Å². The molecule has 7 nitrogen and oxygen atoms in total. The van der Waals surface area contributed by atoms with E-state index in [4.69, 9.17) is 23.7 Å². The minimum Gasteiger partial charge on any atom is -0.383 e. The molecule has 0 aliphatic carbocycles. The van der Waals surface area contributed by atoms with Crippen LogP contribution in [0.2, 0.25) is 0 Å². The molecule has 0 aliphatic heterocycles. The van der Waals surface area contributed by atoms with E-state index < -0.39 is 0 Å². The summed E-state index contributed by atoms with van der Waals surface area (Å²) >= 11 is 0. The minimum atomic E-state index is 0.583. The van der Waals surface area contributed by atoms with Crippen LogP contribution in [0.3, 0.4) is 0 Å². The predicted octanol–water partition coefficient (Wildman–Crippen LogP) is 2.92. The standard InChI is InChI=1S/C26H39N2O5/c1-29-17-14-28(15-18-30-2)26-11-8-24(9-12-26)7-10-25-6-4-5-13-27(25)16-19-32-22-23-33-21-20-31-3/h4-13H,14-23H2,1-3H3/q+1. The lowest BCUT2D eigenvalue weighted by Crippen LogP contribution is -2.38. The van der Waals surface area contributed by atoms with Crippen molar-refractivity contribution in [1.29, 1.82) is 0 Å². The van der Waals surface area contributed by atoms with Gasteiger partial charge in [-0.15, -0.1) is 0 Å². The summed E-state index contributed by atoms with van der Waals surface area (Å²) in [7, 11) is 5.12. The number of hydrogen-bond acceptors (Lipinski definition) is 6. The number of ether oxygens (including phenoxy) is 5. The Labute approximate surface area is 198 Å². The summed E-state index contributed by atoms with van der Waals surface area (Å²) in [6, 6.07) is 14.8. The van der Waals surface area contributed by atoms with Gasteiger partial charge in [-0.2, -0.15) is 4.57 Å². The second-order valence-electron chi connectivity index (χ2n) is 7.43. The number of benzene rings is 1. The number of methoxy groups -OCH3 is 3. The summed E-state index contributed by atoms with van der Waals surface area (Å²) < 4.78 is 28.7. The molecule has 0 unspecified atom stereocenters. The lowest BCUT2D eigenvalue weighted by atomic mass is 10.1. The van der Waals surface area contributed by atoms with Crippen molar-refractivity contribution in [2.75, 3.05) is 85.6 Å². The zero-order chi connectivity index (χ0) is 23.6. The molecule has 33 heavy (non-hydrogen) atoms. The van der Waals surface area contributed by atoms with Gasteiger partial charge < -0.3 is 28.6 Å². The average Bonchev–Trinajstić information content (AvgIpc) is 2.85. The molecule has 1 heterocycles. The molecule has 0 N–H and O–H groups in total. The highest BCUT2D eigenvalue weighted by Crippen LogP contribution is 2.16. The van der Waals surface area contributed by atoms with Gasteiger partial charge in [-0.25, -0.2) is 0 Å². The van der Waals surface area contributed by atoms with Gasteiger partial charge in [0.25, 0.3) is 0 Å². The Morgan fingerprint density at radius 2 is 1.33 bits per heavy atom. The molecule has 0 spiro atoms. The third-order valence-electron chi connectivity index (χ3n) is 5.09. The Kier molecular flexibility index (Phi) is 14.1. The summed E-state index contributed by atoms with van der Waals surface area (Å²) in [6.45, 7) is 6.83. The highest BCUT2D eigenvalue weighted by Gasteiger charge is 2.08. The van der Waals surface area contributed by atoms with Crippen molar-refractivity contribution in [2.45, 2.75) is 6.54 Å². The van der Waals surface area contributed by atoms with Gasteiger partial charge in [0.1, 0.15) is 6.61 Å². The number of hydrogen-bond donors (Lipinski definition) is 0. The zero-order valence-electron chi connectivity index (χ0n) is 20.3. The first-order valence-electron chi connectivity index (χ1n) is 11.4. The summed E-state index contributed by atoms with van der Waals surface area (Å²) in [5, 5.41) is 0. The van der Waals surface area contributed by atoms with Gasteiger partial charge in [-0.3, -0.25) is 0 Å². The molecule has 0 amide bonds. The normalized spacial score (nSPS) is 11.4. The molecular formula is C26H39N2O5+. The Morgan fingerprint density at radius 3 is 2.00 bits per heavy atom. The molecule has 0 aliphatic rings. The van der Waals surface area contributed by atoms with E-state index in [2.05, 4.69) is 58.1 Å². The second-order valence-corrected chi connectivity index (χ2v) is 7.43. The van der Waals surface area contributed by atoms with Gasteiger partial charge >= 0.3 is 0 Å². The molecule has 0 bridgehead atoms. The zero-order valence-corrected chi connectivity index (χ0v) is 20.3. The molecule has 1 aromatic carbocycles. The quantitative estimate of drug-likeness (QED) is 0.252. The average molecular weight is 460 g/mol. The third kappa shape index (κ3) is 10.9. The van der Waals surface area contributed by atoms with E-state index in [1.165, 1.54) is 5.69 Å². The first-order valence-corrected chi connectivity index (χ1v) is 11.4. The van der Waals surface area contributed by atoms with E-state index in [-0.39, 0.29) is 0 Å². The van der Waals surface area contributed by atoms with Crippen LogP contribution in [0.5, 0.6) is 0 Å². The predicted molar refractivity (Wildman–Crippen MR) is 131 cm³/mol. The van der Waals surface area contributed by atoms with Crippen LogP contribution >= 0.6 is 0 Å². The van der Waals surface area contributed by atoms with Gasteiger partial charge in [-0.05, 0) is 29.8 Å². The fourth-order valence-corrected chi connectivity index (χ4v) is 3.22. The molecule has 0 fully saturated rings. The van der Waals surface area contributed by atoms with Crippen molar-refractivity contribution in [3.63, 3.8) is 0 Å². The van der Waals surface area contributed by atoms with Gasteiger partial charge in [0.05, 0.1) is 39.6 Å². The van der Waals surface area contributed by atoms with Crippen molar-refractivity contribution in [3.8, 4) is 0 Å². The summed E-state index contributed by atoms with van der Waals surface area (Å²) in [5.41, 5.74) is 3.44. The maximum Gasteiger partial charge on any atom is 0.205 e. The molecule has 0 saturated carbocycles. The van der Waals surface area contributed by atoms with Crippen LogP contribution in [-0.2, 0) is 30.2 Å². The fourth-order valence-electron chi connectivity index (χ4n) is 3.22. The van der Waals surface area contributed by atoms with E-state index in [1.54, 1.807) is 21.3 Å². The number of nitrogens with zero attached hydrogens (tertiary/aromatic N) is 2. The van der Waals surface area contributed by atoms with Gasteiger partial charge in [-0.1, -0.05) is 12.1 Å². The van der Waals surface area contributed by atoms with Crippen molar-refractivity contribution in [3.05, 3.63) is 59.9 Å². The van der Waals surface area contributed by atoms with Crippen LogP contribution in [0.15, 0.2) is 48.7 Å². The van der Waals surface area contributed by atoms with E-state index >= 15 is 0 Å². The molecule has 182 valence electrons. The highest BCUT2D eigenvalue weighted by atomic mass is 16.5. The van der Waals surface area contributed by atoms with E-state index in [1.807, 2.05) is 12.1 Å². The van der Waals surface area contributed by atoms with Crippen LogP contribution in [0.25, 0.3) is 12.2 Å². The number of aromatic nitrogens is 1. The second kappa shape index (κ2) is 17.2. The van der Waals surface area contributed by atoms with Crippen LogP contribution < -0.4 is 9.47 Å². The fraction of sp³-hybridized carbons (Fsp3) is 0.500. The Balaban J connectivity index is 1.88. The van der Waals surface area contributed by atoms with Crippen LogP contribution in [0.4, 0.5) is 5.69 Å². The van der Waals surface area contributed by atoms with Crippen molar-refractivity contribution in [1.82, 2.24) is 0 Å². The Morgan fingerprint density at radius 1 is 0.697 bits per heavy atom. The van der Waals surface area contributed by atoms with Crippen molar-refractivity contribution >= 4 is 17.8 Å². The first-order chi connectivity index (χ1) is 16.3. The Bertz CT molecular complexity index is 775. The summed E-state index contributed by atoms with van der Waals surface area (Å²) in [5.74, 6) is 0. The minimum absolute atomic E-state index is 0.583. The first kappa shape index (κ1) is 27.0. The van der Waals surface area contributed by atoms with Crippen LogP contribution in [0, 0.1) is 0 Å². The topological polar surface area (TPSA) is 53.3 Å². The van der Waals surface area contributed by atoms with Crippen LogP contribution in [0.1, 0.15) is 11.3 Å². The monoisotopic (exact) mass is 459 g/mol. The van der Waals surface area contributed by atoms with Gasteiger partial charge in [0.2, 0.25) is 5.69 Å². The van der Waals surface area contributed by atoms with E-state index in [9.17, 15) is 0 Å². The van der Waals surface area contributed by atoms with Gasteiger partial charge in [0.15, 0.2) is 12.7 Å². The highest BCUT2D eigenvalue weighted by molar-refractivity contribution is 5.68. The maximum absolute atomic E-state index is 5.69. The van der Waals surface area contributed by atoms with Crippen molar-refractivity contribution < 1.29 is 28.3 Å². The molecule has 1 aromatic heterocycles. The summed E-state index contributed by atoms with van der Waals surface area (Å²) in [6.07, 6.45) is 6.34. The number of pyridine rings is 1. The maximum atomic E-state index is 5.69. The molecule has 0 saturated heterocycles. The van der Waals surface area contributed by atoms with Gasteiger partial charge in [0, 0.05) is 58.3 Å². The molecular weight excluding hydrogens is 420 g/mol. The largest absolute Gasteiger partial charge is 0.383 e. The van der Waals surface area contributed by atoms with Crippen molar-refractivity contribution in [2.24, 2.45) is 0 Å². The molecule has 2 rings (SSSR count). The molecule has 0 atom stereocenters. The molecule has 2 aromatic rings. The lowest BCUT2D eigenvalue weighted by Gasteiger charge is -2.24. The van der Waals surface area contributed by atoms with E-state index in [0.717, 1.165) is 30.9 Å². The molecule has 7 heteroatoms.